The van der Waals surface area contributed by atoms with E-state index in [1.54, 1.807) is 6.92 Å². The lowest BCUT2D eigenvalue weighted by molar-refractivity contribution is -0.141. The molecule has 10 atom stereocenters. The molecule has 4 aromatic rings. The van der Waals surface area contributed by atoms with Crippen molar-refractivity contribution >= 4 is 65.7 Å². The van der Waals surface area contributed by atoms with Gasteiger partial charge in [-0.3, -0.25) is 27.5 Å². The van der Waals surface area contributed by atoms with E-state index in [9.17, 15) is 18.8 Å². The number of imidazole rings is 2. The minimum Gasteiger partial charge on any atom is -0.454 e. The molecule has 6 heterocycles. The molecule has 0 bridgehead atoms. The Kier molecular flexibility index (Phi) is 17.0. The van der Waals surface area contributed by atoms with Crippen molar-refractivity contribution in [2.45, 2.75) is 121 Å². The zero-order valence-corrected chi connectivity index (χ0v) is 37.3. The topological polar surface area (TPSA) is 275 Å². The number of hydrogen-bond donors (Lipinski definition) is 3. The fourth-order valence-corrected chi connectivity index (χ4v) is 10.8. The fraction of sp³-hybridized carbons (Fsp3) is 0.694. The molecule has 26 heteroatoms. The van der Waals surface area contributed by atoms with Crippen LogP contribution < -0.4 is 11.5 Å². The Hall–Kier alpha value is -3.44. The van der Waals surface area contributed by atoms with E-state index in [0.29, 0.717) is 17.8 Å². The zero-order chi connectivity index (χ0) is 44.4. The molecule has 0 amide bonds. The maximum atomic E-state index is 16.8. The first kappa shape index (κ1) is 48.0. The van der Waals surface area contributed by atoms with E-state index in [2.05, 4.69) is 36.8 Å². The van der Waals surface area contributed by atoms with E-state index in [1.807, 2.05) is 0 Å². The summed E-state index contributed by atoms with van der Waals surface area (Å²) < 4.78 is 102. The largest absolute Gasteiger partial charge is 0.454 e. The number of carbonyl (C=O) groups excluding carboxylic acids is 1. The van der Waals surface area contributed by atoms with E-state index < -0.39 is 94.9 Å². The summed E-state index contributed by atoms with van der Waals surface area (Å²) in [6, 6.07) is 0. The maximum absolute atomic E-state index is 16.8. The number of hydrogen-bond acceptors (Lipinski definition) is 19. The maximum Gasteiger partial charge on any atom is 0.392 e. The van der Waals surface area contributed by atoms with Crippen LogP contribution in [0.4, 0.5) is 20.4 Å². The third kappa shape index (κ3) is 11.8. The van der Waals surface area contributed by atoms with Crippen molar-refractivity contribution in [2.24, 2.45) is 5.92 Å². The number of nitrogen functional groups attached to an aromatic ring is 2. The van der Waals surface area contributed by atoms with Gasteiger partial charge in [-0.15, -0.1) is 0 Å². The summed E-state index contributed by atoms with van der Waals surface area (Å²) in [4.78, 5) is 47.5. The summed E-state index contributed by atoms with van der Waals surface area (Å²) in [6.07, 6.45) is 2.83. The minimum absolute atomic E-state index is 0.0111. The summed E-state index contributed by atoms with van der Waals surface area (Å²) in [6.45, 7) is -2.16. The first-order chi connectivity index (χ1) is 29.8. The predicted octanol–water partition coefficient (Wildman–Crippen LogP) is 6.41. The van der Waals surface area contributed by atoms with Crippen LogP contribution >= 0.6 is 25.8 Å². The van der Waals surface area contributed by atoms with E-state index >= 15 is 8.78 Å². The number of fused-ring (bicyclic) bond motifs is 2. The van der Waals surface area contributed by atoms with E-state index in [1.165, 1.54) is 60.9 Å². The van der Waals surface area contributed by atoms with Gasteiger partial charge in [0.15, 0.2) is 47.7 Å². The van der Waals surface area contributed by atoms with Gasteiger partial charge in [0.25, 0.3) is 0 Å². The molecule has 21 nitrogen and oxygen atoms in total. The first-order valence-electron chi connectivity index (χ1n) is 20.4. The van der Waals surface area contributed by atoms with Gasteiger partial charge in [-0.25, -0.2) is 43.2 Å². The van der Waals surface area contributed by atoms with Gasteiger partial charge in [0.1, 0.15) is 48.2 Å². The molecular weight excluding hydrogens is 880 g/mol. The standard InChI is InChI=1S/C36H54F2N10O11P2S/c1-4-5-6-7-8-9-10-11-12-13-25(49)54-21-62-61(52,56-14-23-22(2)26(37)35(57-23)47-18-45-28-31(39)41-16-43-33(28)47)59-30-24(15-55-60(50,51)20-53-3)58-36(27(30)38)48-19-46-29-32(40)42-17-44-34(29)48/h16-19,22-24,26-27,30,35-36H,4-15,20-21H2,1-3H3,(H,50,51)(H2,39,41,43)(H2,40,42,44)/t22-,23-,24-,26-,27-,30-,35-,36-,61?/m1/s1. The molecule has 5 N–H and O–H groups in total. The van der Waals surface area contributed by atoms with Crippen molar-refractivity contribution < 1.29 is 60.1 Å². The molecule has 344 valence electrons. The zero-order valence-electron chi connectivity index (χ0n) is 34.6. The average molecular weight is 935 g/mol. The van der Waals surface area contributed by atoms with Crippen LogP contribution in [-0.4, -0.2) is 113 Å². The van der Waals surface area contributed by atoms with Gasteiger partial charge < -0.3 is 39.8 Å². The van der Waals surface area contributed by atoms with Crippen molar-refractivity contribution in [3.05, 3.63) is 25.3 Å². The molecule has 2 aliphatic rings. The van der Waals surface area contributed by atoms with Crippen molar-refractivity contribution in [3.8, 4) is 0 Å². The van der Waals surface area contributed by atoms with Crippen LogP contribution in [-0.2, 0) is 46.4 Å². The number of anilines is 2. The highest BCUT2D eigenvalue weighted by Gasteiger charge is 2.52. The monoisotopic (exact) mass is 934 g/mol. The molecule has 62 heavy (non-hydrogen) atoms. The molecule has 0 aliphatic carbocycles. The highest BCUT2D eigenvalue weighted by Crippen LogP contribution is 2.63. The minimum atomic E-state index is -4.63. The van der Waals surface area contributed by atoms with Crippen LogP contribution in [0.15, 0.2) is 25.3 Å². The van der Waals surface area contributed by atoms with Gasteiger partial charge >= 0.3 is 20.4 Å². The Labute approximate surface area is 360 Å². The summed E-state index contributed by atoms with van der Waals surface area (Å²) in [5, 5.41) is 0. The second-order valence-electron chi connectivity index (χ2n) is 15.0. The third-order valence-electron chi connectivity index (χ3n) is 10.6. The predicted molar refractivity (Wildman–Crippen MR) is 223 cm³/mol. The van der Waals surface area contributed by atoms with Crippen LogP contribution in [0.25, 0.3) is 22.3 Å². The molecule has 2 aliphatic heterocycles. The molecule has 0 saturated carbocycles. The van der Waals surface area contributed by atoms with Gasteiger partial charge in [-0.1, -0.05) is 65.2 Å². The Morgan fingerprint density at radius 1 is 0.823 bits per heavy atom. The number of ether oxygens (including phenoxy) is 4. The smallest absolute Gasteiger partial charge is 0.392 e. The van der Waals surface area contributed by atoms with Crippen LogP contribution in [0.5, 0.6) is 0 Å². The third-order valence-corrected chi connectivity index (χ3v) is 15.0. The van der Waals surface area contributed by atoms with E-state index in [0.717, 1.165) is 32.0 Å². The quantitative estimate of drug-likeness (QED) is 0.0280. The van der Waals surface area contributed by atoms with E-state index in [4.69, 9.17) is 44.0 Å². The molecule has 0 spiro atoms. The second kappa shape index (κ2) is 22.0. The first-order valence-corrected chi connectivity index (χ1v) is 25.3. The highest BCUT2D eigenvalue weighted by molar-refractivity contribution is 8.55. The van der Waals surface area contributed by atoms with Gasteiger partial charge in [0.2, 0.25) is 0 Å². The lowest BCUT2D eigenvalue weighted by Gasteiger charge is -2.26. The molecule has 6 rings (SSSR count). The molecule has 2 unspecified atom stereocenters. The Balaban J connectivity index is 1.18. The molecule has 4 aromatic heterocycles. The Morgan fingerprint density at radius 3 is 1.97 bits per heavy atom. The van der Waals surface area contributed by atoms with Gasteiger partial charge in [-0.2, -0.15) is 0 Å². The van der Waals surface area contributed by atoms with Crippen molar-refractivity contribution in [1.82, 2.24) is 39.0 Å². The molecule has 0 aromatic carbocycles. The van der Waals surface area contributed by atoms with Crippen LogP contribution in [0.1, 0.15) is 90.5 Å². The average Bonchev–Trinajstić information content (AvgIpc) is 4.01. The molecule has 2 fully saturated rings. The Bertz CT molecular complexity index is 2200. The lowest BCUT2D eigenvalue weighted by Crippen LogP contribution is -2.34. The SMILES string of the molecule is CCCCCCCCCCCC(=O)OCSP(=O)(OC[C@H]1O[C@@H](n2cnc3c(N)ncnc32)[C@H](F)[C@@H]1C)O[C@H]1[C@@H](F)[C@H](n2cnc3c(N)ncnc32)O[C@@H]1COP(=O)(O)COC. The van der Waals surface area contributed by atoms with E-state index in [-0.39, 0.29) is 40.4 Å². The lowest BCUT2D eigenvalue weighted by atomic mass is 10.0. The normalized spacial score (nSPS) is 26.0. The number of esters is 1. The van der Waals surface area contributed by atoms with Gasteiger partial charge in [0, 0.05) is 30.8 Å². The van der Waals surface area contributed by atoms with Crippen molar-refractivity contribution in [3.63, 3.8) is 0 Å². The van der Waals surface area contributed by atoms with Crippen LogP contribution in [0, 0.1) is 5.92 Å². The number of unbranched alkanes of at least 4 members (excludes halogenated alkanes) is 8. The number of nitrogens with zero attached hydrogens (tertiary/aromatic N) is 8. The number of halogens is 2. The number of nitrogens with two attached hydrogens (primary N) is 2. The summed E-state index contributed by atoms with van der Waals surface area (Å²) >= 11 is 0.451. The van der Waals surface area contributed by atoms with Crippen LogP contribution in [0.3, 0.4) is 0 Å². The van der Waals surface area contributed by atoms with Gasteiger partial charge in [-0.05, 0) is 6.42 Å². The fourth-order valence-electron chi connectivity index (χ4n) is 7.15. The van der Waals surface area contributed by atoms with Crippen molar-refractivity contribution in [2.75, 3.05) is 44.1 Å². The highest BCUT2D eigenvalue weighted by atomic mass is 32.7. The summed E-state index contributed by atoms with van der Waals surface area (Å²) in [7, 11) is -3.19. The number of rotatable bonds is 25. The molecule has 0 radical (unpaired) electrons. The Morgan fingerprint density at radius 2 is 1.37 bits per heavy atom. The number of aromatic nitrogens is 8. The number of alkyl halides is 2. The number of carbonyl (C=O) groups is 1. The molecule has 2 saturated heterocycles. The molecular formula is C36H54F2N10O11P2S. The second-order valence-corrected chi connectivity index (χ2v) is 20.8. The van der Waals surface area contributed by atoms with Crippen LogP contribution in [0.2, 0.25) is 0 Å². The van der Waals surface area contributed by atoms with Gasteiger partial charge in [0.05, 0.1) is 32.0 Å². The number of methoxy groups -OCH3 is 1. The summed E-state index contributed by atoms with van der Waals surface area (Å²) in [5.74, 6) is -1.82. The van der Waals surface area contributed by atoms with Crippen molar-refractivity contribution in [1.29, 1.82) is 0 Å². The summed E-state index contributed by atoms with van der Waals surface area (Å²) in [5.41, 5.74) is 12.6.